The number of aromatic amines is 2. The topological polar surface area (TPSA) is 90.9 Å². The van der Waals surface area contributed by atoms with E-state index in [2.05, 4.69) is 10.2 Å². The number of benzene rings is 1. The lowest BCUT2D eigenvalue weighted by molar-refractivity contribution is 0.475. The van der Waals surface area contributed by atoms with Crippen molar-refractivity contribution in [2.24, 2.45) is 0 Å². The maximum atomic E-state index is 11.1. The van der Waals surface area contributed by atoms with Gasteiger partial charge in [0.1, 0.15) is 5.75 Å². The van der Waals surface area contributed by atoms with Gasteiger partial charge in [-0.15, -0.1) is 0 Å². The highest BCUT2D eigenvalue weighted by atomic mass is 16.3. The molecule has 0 aliphatic rings. The van der Waals surface area contributed by atoms with Crippen LogP contribution in [0, 0.1) is 0 Å². The number of nitrogens with zero attached hydrogens (tertiary/aromatic N) is 1. The van der Waals surface area contributed by atoms with Crippen molar-refractivity contribution in [3.8, 4) is 5.75 Å². The van der Waals surface area contributed by atoms with E-state index in [9.17, 15) is 9.59 Å². The number of phenols is 1. The largest absolute Gasteiger partial charge is 0.508 e. The number of rotatable bonds is 2. The molecule has 0 fully saturated rings. The molecule has 3 N–H and O–H groups in total. The molecule has 0 aliphatic carbocycles. The van der Waals surface area contributed by atoms with E-state index in [1.807, 2.05) is 0 Å². The molecular weight excluding hydrogens is 198 g/mol. The van der Waals surface area contributed by atoms with Crippen molar-refractivity contribution in [1.82, 2.24) is 14.8 Å². The summed E-state index contributed by atoms with van der Waals surface area (Å²) in [5, 5.41) is 13.4. The third-order valence-electron chi connectivity index (χ3n) is 2.04. The van der Waals surface area contributed by atoms with Crippen molar-refractivity contribution in [3.05, 3.63) is 50.8 Å². The van der Waals surface area contributed by atoms with Gasteiger partial charge in [0.05, 0.1) is 6.54 Å². The summed E-state index contributed by atoms with van der Waals surface area (Å²) in [5.74, 6) is 0.147. The van der Waals surface area contributed by atoms with Gasteiger partial charge in [0.25, 0.3) is 0 Å². The maximum Gasteiger partial charge on any atom is 0.344 e. The number of phenolic OH excluding ortho intramolecular Hbond substituents is 1. The molecule has 0 unspecified atom stereocenters. The summed E-state index contributed by atoms with van der Waals surface area (Å²) in [5.41, 5.74) is -0.193. The van der Waals surface area contributed by atoms with Gasteiger partial charge in [0, 0.05) is 0 Å². The summed E-state index contributed by atoms with van der Waals surface area (Å²) >= 11 is 0. The fourth-order valence-electron chi connectivity index (χ4n) is 1.26. The van der Waals surface area contributed by atoms with Crippen molar-refractivity contribution in [1.29, 1.82) is 0 Å². The monoisotopic (exact) mass is 207 g/mol. The zero-order valence-corrected chi connectivity index (χ0v) is 7.73. The first-order valence-corrected chi connectivity index (χ1v) is 4.32. The Kier molecular flexibility index (Phi) is 2.17. The zero-order valence-electron chi connectivity index (χ0n) is 7.73. The lowest BCUT2D eigenvalue weighted by Gasteiger charge is -1.99. The fourth-order valence-corrected chi connectivity index (χ4v) is 1.26. The molecule has 0 atom stereocenters. The van der Waals surface area contributed by atoms with Crippen molar-refractivity contribution in [2.75, 3.05) is 0 Å². The first-order chi connectivity index (χ1) is 7.16. The number of hydrogen-bond acceptors (Lipinski definition) is 3. The number of H-pyrrole nitrogens is 2. The predicted molar refractivity (Wildman–Crippen MR) is 52.9 cm³/mol. The molecule has 1 aromatic carbocycles. The van der Waals surface area contributed by atoms with Crippen LogP contribution in [0.2, 0.25) is 0 Å². The lowest BCUT2D eigenvalue weighted by Crippen LogP contribution is -2.26. The van der Waals surface area contributed by atoms with Crippen molar-refractivity contribution in [2.45, 2.75) is 6.54 Å². The molecule has 2 rings (SSSR count). The van der Waals surface area contributed by atoms with E-state index in [-0.39, 0.29) is 12.3 Å². The molecule has 0 amide bonds. The van der Waals surface area contributed by atoms with Crippen molar-refractivity contribution in [3.63, 3.8) is 0 Å². The molecule has 15 heavy (non-hydrogen) atoms. The summed E-state index contributed by atoms with van der Waals surface area (Å²) < 4.78 is 1.03. The highest BCUT2D eigenvalue weighted by molar-refractivity contribution is 5.25. The minimum absolute atomic E-state index is 0.147. The average molecular weight is 207 g/mol. The molecule has 0 saturated heterocycles. The second-order valence-corrected chi connectivity index (χ2v) is 3.11. The van der Waals surface area contributed by atoms with Crippen LogP contribution in [0.25, 0.3) is 0 Å². The first kappa shape index (κ1) is 9.32. The van der Waals surface area contributed by atoms with Crippen LogP contribution in [0.4, 0.5) is 0 Å². The number of aromatic nitrogens is 3. The molecule has 6 heteroatoms. The minimum Gasteiger partial charge on any atom is -0.508 e. The molecule has 0 radical (unpaired) electrons. The van der Waals surface area contributed by atoms with E-state index in [4.69, 9.17) is 5.11 Å². The standard InChI is InChI=1S/C9H9N3O3/c13-7-3-1-6(2-4-7)5-12-8(14)10-11-9(12)15/h1-4,13H,5H2,(H,10,14)(H,11,15). The summed E-state index contributed by atoms with van der Waals surface area (Å²) in [6.45, 7) is 0.179. The van der Waals surface area contributed by atoms with E-state index in [1.54, 1.807) is 12.1 Å². The van der Waals surface area contributed by atoms with E-state index < -0.39 is 11.4 Å². The SMILES string of the molecule is O=c1[nH][nH]c(=O)n1Cc1ccc(O)cc1. The summed E-state index contributed by atoms with van der Waals surface area (Å²) in [6, 6.07) is 6.30. The smallest absolute Gasteiger partial charge is 0.344 e. The fraction of sp³-hybridized carbons (Fsp3) is 0.111. The van der Waals surface area contributed by atoms with Crippen LogP contribution >= 0.6 is 0 Å². The van der Waals surface area contributed by atoms with E-state index in [0.29, 0.717) is 0 Å². The molecular formula is C9H9N3O3. The van der Waals surface area contributed by atoms with Crippen molar-refractivity contribution >= 4 is 0 Å². The van der Waals surface area contributed by atoms with Gasteiger partial charge in [0.2, 0.25) is 0 Å². The van der Waals surface area contributed by atoms with Crippen LogP contribution in [0.3, 0.4) is 0 Å². The quantitative estimate of drug-likeness (QED) is 0.626. The van der Waals surface area contributed by atoms with E-state index in [0.717, 1.165) is 10.1 Å². The molecule has 2 aromatic rings. The van der Waals surface area contributed by atoms with Crippen LogP contribution in [0.1, 0.15) is 5.56 Å². The van der Waals surface area contributed by atoms with Gasteiger partial charge in [0.15, 0.2) is 0 Å². The van der Waals surface area contributed by atoms with Gasteiger partial charge in [-0.05, 0) is 17.7 Å². The molecule has 1 aromatic heterocycles. The van der Waals surface area contributed by atoms with Crippen LogP contribution in [-0.4, -0.2) is 19.9 Å². The Hall–Kier alpha value is -2.24. The van der Waals surface area contributed by atoms with E-state index in [1.165, 1.54) is 12.1 Å². The molecule has 0 spiro atoms. The Morgan fingerprint density at radius 3 is 2.13 bits per heavy atom. The van der Waals surface area contributed by atoms with Crippen LogP contribution in [0.15, 0.2) is 33.9 Å². The Labute approximate surface area is 83.8 Å². The third kappa shape index (κ3) is 1.83. The summed E-state index contributed by atoms with van der Waals surface area (Å²) in [6.07, 6.45) is 0. The highest BCUT2D eigenvalue weighted by Gasteiger charge is 2.03. The maximum absolute atomic E-state index is 11.1. The normalized spacial score (nSPS) is 10.4. The van der Waals surface area contributed by atoms with Crippen LogP contribution in [0.5, 0.6) is 5.75 Å². The predicted octanol–water partition coefficient (Wildman–Crippen LogP) is -0.381. The first-order valence-electron chi connectivity index (χ1n) is 4.32. The number of nitrogens with one attached hydrogen (secondary N) is 2. The lowest BCUT2D eigenvalue weighted by atomic mass is 10.2. The molecule has 78 valence electrons. The van der Waals surface area contributed by atoms with Crippen LogP contribution in [-0.2, 0) is 6.54 Å². The summed E-state index contributed by atoms with van der Waals surface area (Å²) in [7, 11) is 0. The van der Waals surface area contributed by atoms with Gasteiger partial charge < -0.3 is 5.11 Å². The highest BCUT2D eigenvalue weighted by Crippen LogP contribution is 2.09. The zero-order chi connectivity index (χ0) is 10.8. The average Bonchev–Trinajstić information content (AvgIpc) is 2.53. The number of aromatic hydroxyl groups is 1. The molecule has 0 aliphatic heterocycles. The van der Waals surface area contributed by atoms with Gasteiger partial charge in [-0.2, -0.15) is 0 Å². The molecule has 0 bridgehead atoms. The number of hydrogen-bond donors (Lipinski definition) is 3. The van der Waals surface area contributed by atoms with E-state index >= 15 is 0 Å². The summed E-state index contributed by atoms with van der Waals surface area (Å²) in [4.78, 5) is 22.3. The second-order valence-electron chi connectivity index (χ2n) is 3.11. The molecule has 0 saturated carbocycles. The molecule has 6 nitrogen and oxygen atoms in total. The Morgan fingerprint density at radius 2 is 1.60 bits per heavy atom. The minimum atomic E-state index is -0.479. The Bertz CT molecular complexity index is 534. The Balaban J connectivity index is 2.34. The van der Waals surface area contributed by atoms with Gasteiger partial charge in [-0.25, -0.2) is 24.4 Å². The van der Waals surface area contributed by atoms with Gasteiger partial charge in [-0.1, -0.05) is 12.1 Å². The van der Waals surface area contributed by atoms with Gasteiger partial charge >= 0.3 is 11.4 Å². The van der Waals surface area contributed by atoms with Gasteiger partial charge in [-0.3, -0.25) is 0 Å². The second kappa shape index (κ2) is 3.49. The Morgan fingerprint density at radius 1 is 1.07 bits per heavy atom. The molecule has 1 heterocycles. The third-order valence-corrected chi connectivity index (χ3v) is 2.04. The van der Waals surface area contributed by atoms with Crippen molar-refractivity contribution < 1.29 is 5.11 Å². The van der Waals surface area contributed by atoms with Crippen LogP contribution < -0.4 is 11.4 Å².